The van der Waals surface area contributed by atoms with Gasteiger partial charge >= 0.3 is 0 Å². The Morgan fingerprint density at radius 3 is 2.95 bits per heavy atom. The molecule has 0 amide bonds. The number of rotatable bonds is 5. The molecule has 2 aliphatic carbocycles. The zero-order valence-corrected chi connectivity index (χ0v) is 11.6. The average molecular weight is 259 g/mol. The van der Waals surface area contributed by atoms with Gasteiger partial charge in [-0.05, 0) is 24.7 Å². The zero-order valence-electron chi connectivity index (χ0n) is 11.6. The predicted molar refractivity (Wildman–Crippen MR) is 77.7 cm³/mol. The number of hydrogen-bond donors (Lipinski definition) is 2. The van der Waals surface area contributed by atoms with E-state index in [1.54, 1.807) is 6.33 Å². The van der Waals surface area contributed by atoms with Gasteiger partial charge in [-0.1, -0.05) is 44.3 Å². The van der Waals surface area contributed by atoms with Crippen LogP contribution >= 0.6 is 0 Å². The minimum absolute atomic E-state index is 0.256. The van der Waals surface area contributed by atoms with Crippen LogP contribution in [0.1, 0.15) is 56.6 Å². The van der Waals surface area contributed by atoms with Gasteiger partial charge in [-0.15, -0.1) is 0 Å². The smallest absolute Gasteiger partial charge is 0.0921 e. The van der Waals surface area contributed by atoms with Gasteiger partial charge in [0.15, 0.2) is 0 Å². The molecule has 3 N–H and O–H groups in total. The highest BCUT2D eigenvalue weighted by Crippen LogP contribution is 2.47. The van der Waals surface area contributed by atoms with Crippen LogP contribution in [0.4, 0.5) is 0 Å². The number of H-pyrrole nitrogens is 1. The van der Waals surface area contributed by atoms with Crippen molar-refractivity contribution in [3.05, 3.63) is 30.4 Å². The number of nitrogens with zero attached hydrogens (tertiary/aromatic N) is 1. The van der Waals surface area contributed by atoms with E-state index >= 15 is 0 Å². The number of imidazole rings is 1. The molecule has 3 atom stereocenters. The number of hydrogen-bond acceptors (Lipinski definition) is 2. The predicted octanol–water partition coefficient (Wildman–Crippen LogP) is 3.37. The lowest BCUT2D eigenvalue weighted by Crippen LogP contribution is -2.22. The first-order valence-electron chi connectivity index (χ1n) is 7.75. The summed E-state index contributed by atoms with van der Waals surface area (Å²) in [6.07, 6.45) is 17.7. The van der Waals surface area contributed by atoms with E-state index in [9.17, 15) is 0 Å². The molecule has 2 aliphatic rings. The van der Waals surface area contributed by atoms with Crippen LogP contribution in [0.25, 0.3) is 0 Å². The molecule has 0 aromatic carbocycles. The highest BCUT2D eigenvalue weighted by molar-refractivity contribution is 5.20. The maximum atomic E-state index is 6.24. The molecule has 1 aromatic heterocycles. The first-order chi connectivity index (χ1) is 9.33. The summed E-state index contributed by atoms with van der Waals surface area (Å²) in [7, 11) is 0. The molecule has 3 nitrogen and oxygen atoms in total. The third-order valence-electron chi connectivity index (χ3n) is 4.69. The van der Waals surface area contributed by atoms with E-state index in [2.05, 4.69) is 22.1 Å². The zero-order chi connectivity index (χ0) is 13.1. The number of nitrogens with two attached hydrogens (primary N) is 1. The Morgan fingerprint density at radius 2 is 2.21 bits per heavy atom. The monoisotopic (exact) mass is 259 g/mol. The molecule has 19 heavy (non-hydrogen) atoms. The second-order valence-corrected chi connectivity index (χ2v) is 6.30. The SMILES string of the molecule is N[C@H](/C=C/[C@H]1C[C@H]1c1cnc[nH]1)CC1CCCCC1. The van der Waals surface area contributed by atoms with Crippen molar-refractivity contribution in [2.24, 2.45) is 17.6 Å². The van der Waals surface area contributed by atoms with Crippen LogP contribution in [0.3, 0.4) is 0 Å². The van der Waals surface area contributed by atoms with Crippen LogP contribution < -0.4 is 5.73 Å². The Labute approximate surface area is 115 Å². The highest BCUT2D eigenvalue weighted by Gasteiger charge is 2.37. The minimum atomic E-state index is 0.256. The van der Waals surface area contributed by atoms with E-state index in [1.165, 1.54) is 50.6 Å². The fourth-order valence-electron chi connectivity index (χ4n) is 3.43. The molecule has 0 saturated heterocycles. The second-order valence-electron chi connectivity index (χ2n) is 6.30. The van der Waals surface area contributed by atoms with Gasteiger partial charge in [-0.2, -0.15) is 0 Å². The van der Waals surface area contributed by atoms with Crippen LogP contribution in [-0.2, 0) is 0 Å². The second kappa shape index (κ2) is 5.91. The van der Waals surface area contributed by atoms with E-state index in [1.807, 2.05) is 6.20 Å². The van der Waals surface area contributed by atoms with Crippen LogP contribution in [0, 0.1) is 11.8 Å². The van der Waals surface area contributed by atoms with Crippen molar-refractivity contribution in [2.45, 2.75) is 56.9 Å². The maximum absolute atomic E-state index is 6.24. The molecular weight excluding hydrogens is 234 g/mol. The largest absolute Gasteiger partial charge is 0.348 e. The lowest BCUT2D eigenvalue weighted by atomic mass is 9.85. The topological polar surface area (TPSA) is 54.7 Å². The van der Waals surface area contributed by atoms with Gasteiger partial charge in [-0.25, -0.2) is 4.98 Å². The van der Waals surface area contributed by atoms with Crippen molar-refractivity contribution in [3.8, 4) is 0 Å². The third-order valence-corrected chi connectivity index (χ3v) is 4.69. The quantitative estimate of drug-likeness (QED) is 0.797. The molecule has 0 radical (unpaired) electrons. The summed E-state index contributed by atoms with van der Waals surface area (Å²) < 4.78 is 0. The van der Waals surface area contributed by atoms with E-state index in [0.717, 1.165) is 5.92 Å². The number of nitrogens with one attached hydrogen (secondary N) is 1. The molecule has 0 bridgehead atoms. The van der Waals surface area contributed by atoms with Gasteiger partial charge < -0.3 is 10.7 Å². The summed E-state index contributed by atoms with van der Waals surface area (Å²) in [4.78, 5) is 7.29. The molecular formula is C16H25N3. The van der Waals surface area contributed by atoms with E-state index in [4.69, 9.17) is 5.73 Å². The van der Waals surface area contributed by atoms with Crippen molar-refractivity contribution >= 4 is 0 Å². The highest BCUT2D eigenvalue weighted by atomic mass is 14.9. The molecule has 3 rings (SSSR count). The maximum Gasteiger partial charge on any atom is 0.0921 e. The van der Waals surface area contributed by atoms with Gasteiger partial charge in [0.05, 0.1) is 6.33 Å². The van der Waals surface area contributed by atoms with Crippen LogP contribution in [0.2, 0.25) is 0 Å². The standard InChI is InChI=1S/C16H25N3/c17-14(8-12-4-2-1-3-5-12)7-6-13-9-15(13)16-10-18-11-19-16/h6-7,10-15H,1-5,8-9,17H2,(H,18,19)/b7-6+/t13-,14+,15+/m0/s1. The average Bonchev–Trinajstić information content (AvgIpc) is 3.00. The van der Waals surface area contributed by atoms with Crippen LogP contribution in [0.5, 0.6) is 0 Å². The Kier molecular flexibility index (Phi) is 4.02. The normalized spacial score (nSPS) is 29.7. The first kappa shape index (κ1) is 12.9. The molecule has 0 unspecified atom stereocenters. The molecule has 104 valence electrons. The Morgan fingerprint density at radius 1 is 1.37 bits per heavy atom. The molecule has 3 heteroatoms. The first-order valence-corrected chi connectivity index (χ1v) is 7.75. The Bertz CT molecular complexity index is 404. The summed E-state index contributed by atoms with van der Waals surface area (Å²) in [5, 5.41) is 0. The Balaban J connectivity index is 1.42. The summed E-state index contributed by atoms with van der Waals surface area (Å²) in [5.41, 5.74) is 7.51. The Hall–Kier alpha value is -1.09. The lowest BCUT2D eigenvalue weighted by Gasteiger charge is -2.23. The molecule has 2 fully saturated rings. The third kappa shape index (κ3) is 3.47. The van der Waals surface area contributed by atoms with Crippen molar-refractivity contribution in [1.29, 1.82) is 0 Å². The summed E-state index contributed by atoms with van der Waals surface area (Å²) >= 11 is 0. The van der Waals surface area contributed by atoms with Gasteiger partial charge in [0, 0.05) is 23.9 Å². The van der Waals surface area contributed by atoms with Crippen molar-refractivity contribution in [2.75, 3.05) is 0 Å². The number of allylic oxidation sites excluding steroid dienone is 1. The van der Waals surface area contributed by atoms with Gasteiger partial charge in [-0.3, -0.25) is 0 Å². The van der Waals surface area contributed by atoms with Crippen molar-refractivity contribution in [1.82, 2.24) is 9.97 Å². The molecule has 1 heterocycles. The molecule has 1 aromatic rings. The van der Waals surface area contributed by atoms with Crippen LogP contribution in [0.15, 0.2) is 24.7 Å². The summed E-state index contributed by atoms with van der Waals surface area (Å²) in [6, 6.07) is 0.256. The van der Waals surface area contributed by atoms with Crippen molar-refractivity contribution < 1.29 is 0 Å². The van der Waals surface area contributed by atoms with E-state index < -0.39 is 0 Å². The van der Waals surface area contributed by atoms with E-state index in [-0.39, 0.29) is 6.04 Å². The van der Waals surface area contributed by atoms with Crippen LogP contribution in [-0.4, -0.2) is 16.0 Å². The number of aromatic amines is 1. The summed E-state index contributed by atoms with van der Waals surface area (Å²) in [5.74, 6) is 2.20. The number of aromatic nitrogens is 2. The minimum Gasteiger partial charge on any atom is -0.348 e. The summed E-state index contributed by atoms with van der Waals surface area (Å²) in [6.45, 7) is 0. The molecule has 2 saturated carbocycles. The van der Waals surface area contributed by atoms with E-state index in [0.29, 0.717) is 11.8 Å². The van der Waals surface area contributed by atoms with Gasteiger partial charge in [0.25, 0.3) is 0 Å². The lowest BCUT2D eigenvalue weighted by molar-refractivity contribution is 0.329. The van der Waals surface area contributed by atoms with Crippen molar-refractivity contribution in [3.63, 3.8) is 0 Å². The van der Waals surface area contributed by atoms with Gasteiger partial charge in [0.1, 0.15) is 0 Å². The fourth-order valence-corrected chi connectivity index (χ4v) is 3.43. The molecule has 0 aliphatic heterocycles. The fraction of sp³-hybridized carbons (Fsp3) is 0.688. The molecule has 0 spiro atoms. The van der Waals surface area contributed by atoms with Gasteiger partial charge in [0.2, 0.25) is 0 Å².